The van der Waals surface area contributed by atoms with Gasteiger partial charge in [0, 0.05) is 24.7 Å². The molecule has 0 spiro atoms. The molecule has 2 rings (SSSR count). The maximum atomic E-state index is 12.7. The molecular formula is C17H20F3N3O3. The number of carbonyl (C=O) groups excluding carboxylic acids is 3. The van der Waals surface area contributed by atoms with E-state index in [2.05, 4.69) is 5.32 Å². The number of hydrogen-bond acceptors (Lipinski definition) is 3. The molecule has 142 valence electrons. The van der Waals surface area contributed by atoms with E-state index in [1.807, 2.05) is 13.8 Å². The molecule has 0 radical (unpaired) electrons. The first-order valence-electron chi connectivity index (χ1n) is 8.21. The van der Waals surface area contributed by atoms with Gasteiger partial charge in [-0.05, 0) is 31.5 Å². The lowest BCUT2D eigenvalue weighted by atomic mass is 10.1. The fourth-order valence-corrected chi connectivity index (χ4v) is 2.61. The zero-order valence-corrected chi connectivity index (χ0v) is 14.5. The van der Waals surface area contributed by atoms with Crippen molar-refractivity contribution in [2.45, 2.75) is 38.9 Å². The summed E-state index contributed by atoms with van der Waals surface area (Å²) >= 11 is 0. The number of rotatable bonds is 5. The Bertz CT molecular complexity index is 706. The van der Waals surface area contributed by atoms with Gasteiger partial charge in [0.1, 0.15) is 6.54 Å². The van der Waals surface area contributed by atoms with E-state index >= 15 is 0 Å². The quantitative estimate of drug-likeness (QED) is 0.865. The second kappa shape index (κ2) is 7.76. The fraction of sp³-hybridized carbons (Fsp3) is 0.471. The van der Waals surface area contributed by atoms with E-state index in [1.165, 1.54) is 17.0 Å². The first-order chi connectivity index (χ1) is 12.1. The molecule has 9 heteroatoms. The molecule has 26 heavy (non-hydrogen) atoms. The van der Waals surface area contributed by atoms with E-state index in [1.54, 1.807) is 0 Å². The zero-order valence-electron chi connectivity index (χ0n) is 14.5. The van der Waals surface area contributed by atoms with Gasteiger partial charge in [0.15, 0.2) is 0 Å². The van der Waals surface area contributed by atoms with Crippen LogP contribution in [-0.4, -0.2) is 46.8 Å². The average Bonchev–Trinajstić information content (AvgIpc) is 2.57. The summed E-state index contributed by atoms with van der Waals surface area (Å²) in [5.41, 5.74) is -0.955. The van der Waals surface area contributed by atoms with Gasteiger partial charge in [-0.25, -0.2) is 4.79 Å². The third-order valence-corrected chi connectivity index (χ3v) is 4.24. The number of halogens is 3. The van der Waals surface area contributed by atoms with Gasteiger partial charge in [0.25, 0.3) is 0 Å². The summed E-state index contributed by atoms with van der Waals surface area (Å²) in [5.74, 6) is -1.22. The Labute approximate surface area is 148 Å². The molecule has 1 N–H and O–H groups in total. The van der Waals surface area contributed by atoms with Crippen LogP contribution in [0.15, 0.2) is 24.3 Å². The Balaban J connectivity index is 2.07. The van der Waals surface area contributed by atoms with Crippen LogP contribution in [0.3, 0.4) is 0 Å². The van der Waals surface area contributed by atoms with Gasteiger partial charge in [0.05, 0.1) is 5.56 Å². The Hall–Kier alpha value is -2.58. The average molecular weight is 371 g/mol. The van der Waals surface area contributed by atoms with Crippen LogP contribution < -0.4 is 5.32 Å². The Kier molecular flexibility index (Phi) is 5.89. The predicted molar refractivity (Wildman–Crippen MR) is 88.3 cm³/mol. The van der Waals surface area contributed by atoms with Crippen LogP contribution >= 0.6 is 0 Å². The summed E-state index contributed by atoms with van der Waals surface area (Å²) in [4.78, 5) is 38.9. The molecular weight excluding hydrogens is 351 g/mol. The van der Waals surface area contributed by atoms with Crippen molar-refractivity contribution in [3.8, 4) is 0 Å². The monoisotopic (exact) mass is 371 g/mol. The highest BCUT2D eigenvalue weighted by molar-refractivity contribution is 6.02. The maximum absolute atomic E-state index is 12.7. The van der Waals surface area contributed by atoms with Crippen LogP contribution in [0.4, 0.5) is 23.7 Å². The van der Waals surface area contributed by atoms with Gasteiger partial charge in [0.2, 0.25) is 11.8 Å². The summed E-state index contributed by atoms with van der Waals surface area (Å²) in [7, 11) is 0. The van der Waals surface area contributed by atoms with Gasteiger partial charge in [-0.3, -0.25) is 14.5 Å². The summed E-state index contributed by atoms with van der Waals surface area (Å²) in [6, 6.07) is 3.51. The van der Waals surface area contributed by atoms with Crippen LogP contribution in [0.25, 0.3) is 0 Å². The van der Waals surface area contributed by atoms with Crippen LogP contribution in [0.5, 0.6) is 0 Å². The molecule has 1 aliphatic heterocycles. The van der Waals surface area contributed by atoms with Gasteiger partial charge < -0.3 is 10.2 Å². The lowest BCUT2D eigenvalue weighted by Gasteiger charge is -2.37. The number of hydrogen-bond donors (Lipinski definition) is 1. The third-order valence-electron chi connectivity index (χ3n) is 4.24. The number of urea groups is 1. The number of imide groups is 1. The van der Waals surface area contributed by atoms with Crippen molar-refractivity contribution in [2.24, 2.45) is 0 Å². The van der Waals surface area contributed by atoms with E-state index in [-0.39, 0.29) is 18.2 Å². The topological polar surface area (TPSA) is 69.7 Å². The minimum atomic E-state index is -4.53. The van der Waals surface area contributed by atoms with Crippen LogP contribution in [0.2, 0.25) is 0 Å². The summed E-state index contributed by atoms with van der Waals surface area (Å²) in [6.45, 7) is 3.49. The van der Waals surface area contributed by atoms with Crippen molar-refractivity contribution in [3.05, 3.63) is 29.8 Å². The first kappa shape index (κ1) is 19.7. The van der Waals surface area contributed by atoms with Gasteiger partial charge in [-0.15, -0.1) is 0 Å². The molecule has 1 atom stereocenters. The van der Waals surface area contributed by atoms with Gasteiger partial charge >= 0.3 is 12.2 Å². The smallest absolute Gasteiger partial charge is 0.325 e. The predicted octanol–water partition coefficient (Wildman–Crippen LogP) is 3.10. The minimum absolute atomic E-state index is 0.0551. The van der Waals surface area contributed by atoms with Crippen molar-refractivity contribution in [1.82, 2.24) is 9.80 Å². The number of carbonyl (C=O) groups is 3. The molecule has 1 saturated heterocycles. The molecule has 1 aromatic carbocycles. The Morgan fingerprint density at radius 2 is 2.00 bits per heavy atom. The first-order valence-corrected chi connectivity index (χ1v) is 8.21. The summed E-state index contributed by atoms with van der Waals surface area (Å²) in [5, 5.41) is 2.30. The number of benzene rings is 1. The molecule has 1 fully saturated rings. The van der Waals surface area contributed by atoms with Crippen molar-refractivity contribution < 1.29 is 27.6 Å². The fourth-order valence-electron chi connectivity index (χ4n) is 2.61. The van der Waals surface area contributed by atoms with Gasteiger partial charge in [-0.2, -0.15) is 13.2 Å². The molecule has 1 aromatic rings. The molecule has 0 saturated carbocycles. The second-order valence-electron chi connectivity index (χ2n) is 6.09. The standard InChI is InChI=1S/C17H20F3N3O3/c1-3-11(2)22-8-7-15(25)23(16(22)26)10-14(24)21-13-6-4-5-12(9-13)17(18,19)20/h4-6,9,11H,3,7-8,10H2,1-2H3,(H,21,24)/t11-/m0/s1. The normalized spacial score (nSPS) is 16.7. The second-order valence-corrected chi connectivity index (χ2v) is 6.09. The largest absolute Gasteiger partial charge is 0.416 e. The van der Waals surface area contributed by atoms with E-state index in [0.717, 1.165) is 17.0 Å². The highest BCUT2D eigenvalue weighted by atomic mass is 19.4. The maximum Gasteiger partial charge on any atom is 0.416 e. The highest BCUT2D eigenvalue weighted by Gasteiger charge is 2.35. The van der Waals surface area contributed by atoms with Crippen molar-refractivity contribution >= 4 is 23.5 Å². The van der Waals surface area contributed by atoms with Crippen molar-refractivity contribution in [1.29, 1.82) is 0 Å². The third kappa shape index (κ3) is 4.53. The van der Waals surface area contributed by atoms with Crippen LogP contribution in [0.1, 0.15) is 32.3 Å². The molecule has 0 aromatic heterocycles. The molecule has 4 amide bonds. The zero-order chi connectivity index (χ0) is 19.5. The number of alkyl halides is 3. The summed E-state index contributed by atoms with van der Waals surface area (Å²) < 4.78 is 38.2. The SMILES string of the molecule is CC[C@H](C)N1CCC(=O)N(CC(=O)Nc2cccc(C(F)(F)F)c2)C1=O. The molecule has 6 nitrogen and oxygen atoms in total. The minimum Gasteiger partial charge on any atom is -0.325 e. The summed E-state index contributed by atoms with van der Waals surface area (Å²) in [6.07, 6.45) is -3.73. The number of anilines is 1. The van der Waals surface area contributed by atoms with Crippen LogP contribution in [0, 0.1) is 0 Å². The lowest BCUT2D eigenvalue weighted by Crippen LogP contribution is -2.56. The number of amides is 4. The Morgan fingerprint density at radius 1 is 1.31 bits per heavy atom. The van der Waals surface area contributed by atoms with E-state index in [4.69, 9.17) is 0 Å². The molecule has 0 unspecified atom stereocenters. The Morgan fingerprint density at radius 3 is 2.62 bits per heavy atom. The molecule has 0 bridgehead atoms. The molecule has 1 heterocycles. The van der Waals surface area contributed by atoms with E-state index in [0.29, 0.717) is 13.0 Å². The van der Waals surface area contributed by atoms with Crippen molar-refractivity contribution in [3.63, 3.8) is 0 Å². The molecule has 0 aliphatic carbocycles. The van der Waals surface area contributed by atoms with Crippen molar-refractivity contribution in [2.75, 3.05) is 18.4 Å². The van der Waals surface area contributed by atoms with Gasteiger partial charge in [-0.1, -0.05) is 13.0 Å². The van der Waals surface area contributed by atoms with E-state index < -0.39 is 36.1 Å². The number of nitrogens with zero attached hydrogens (tertiary/aromatic N) is 2. The van der Waals surface area contributed by atoms with E-state index in [9.17, 15) is 27.6 Å². The highest BCUT2D eigenvalue weighted by Crippen LogP contribution is 2.30. The lowest BCUT2D eigenvalue weighted by molar-refractivity contribution is -0.137. The molecule has 1 aliphatic rings. The number of nitrogens with one attached hydrogen (secondary N) is 1. The van der Waals surface area contributed by atoms with Crippen LogP contribution in [-0.2, 0) is 15.8 Å².